The van der Waals surface area contributed by atoms with Gasteiger partial charge in [-0.15, -0.1) is 0 Å². The second-order valence-corrected chi connectivity index (χ2v) is 14.7. The van der Waals surface area contributed by atoms with Crippen LogP contribution in [0.25, 0.3) is 45.3 Å². The molecular weight excluding hydrogens is 548 g/mol. The van der Waals surface area contributed by atoms with Crippen LogP contribution in [0.2, 0.25) is 0 Å². The molecule has 0 atom stereocenters. The second kappa shape index (κ2) is 9.69. The average Bonchev–Trinajstić information content (AvgIpc) is 3.29. The van der Waals surface area contributed by atoms with Crippen LogP contribution in [-0.2, 0) is 10.8 Å². The van der Waals surface area contributed by atoms with Gasteiger partial charge >= 0.3 is 0 Å². The molecule has 0 unspecified atom stereocenters. The number of rotatable bonds is 4. The van der Waals surface area contributed by atoms with Crippen molar-refractivity contribution in [2.75, 3.05) is 0 Å². The summed E-state index contributed by atoms with van der Waals surface area (Å²) in [5.41, 5.74) is 10.2. The van der Waals surface area contributed by atoms with Crippen LogP contribution in [0, 0.1) is 29.1 Å². The van der Waals surface area contributed by atoms with E-state index in [4.69, 9.17) is 15.0 Å². The minimum absolute atomic E-state index is 0.187. The maximum Gasteiger partial charge on any atom is 0.164 e. The minimum atomic E-state index is -0.187. The van der Waals surface area contributed by atoms with Gasteiger partial charge in [-0.05, 0) is 108 Å². The molecule has 1 aromatic heterocycles. The number of benzene rings is 4. The van der Waals surface area contributed by atoms with Crippen molar-refractivity contribution in [3.63, 3.8) is 0 Å². The van der Waals surface area contributed by atoms with Crippen molar-refractivity contribution in [2.45, 2.75) is 63.2 Å². The highest BCUT2D eigenvalue weighted by Gasteiger charge is 2.51. The molecule has 45 heavy (non-hydrogen) atoms. The zero-order valence-electron chi connectivity index (χ0n) is 25.9. The maximum atomic E-state index is 9.55. The third-order valence-electron chi connectivity index (χ3n) is 11.5. The fraction of sp³-hybridized carbons (Fsp3) is 0.317. The third kappa shape index (κ3) is 4.21. The maximum absolute atomic E-state index is 9.55. The van der Waals surface area contributed by atoms with Gasteiger partial charge < -0.3 is 0 Å². The van der Waals surface area contributed by atoms with Gasteiger partial charge in [0, 0.05) is 22.1 Å². The van der Waals surface area contributed by atoms with E-state index in [1.54, 1.807) is 0 Å². The van der Waals surface area contributed by atoms with Crippen molar-refractivity contribution in [3.8, 4) is 51.4 Å². The zero-order valence-corrected chi connectivity index (χ0v) is 25.9. The monoisotopic (exact) mass is 584 g/mol. The summed E-state index contributed by atoms with van der Waals surface area (Å²) in [6.07, 6.45) is 8.47. The Morgan fingerprint density at radius 3 is 1.80 bits per heavy atom. The van der Waals surface area contributed by atoms with Crippen molar-refractivity contribution >= 4 is 0 Å². The fourth-order valence-corrected chi connectivity index (χ4v) is 9.75. The van der Waals surface area contributed by atoms with E-state index in [9.17, 15) is 5.26 Å². The van der Waals surface area contributed by atoms with Crippen molar-refractivity contribution in [1.29, 1.82) is 5.26 Å². The van der Waals surface area contributed by atoms with Gasteiger partial charge in [0.1, 0.15) is 0 Å². The lowest BCUT2D eigenvalue weighted by Gasteiger charge is -2.57. The SMILES string of the molecule is CC1(C)c2ccc(-c3nc(-c4ccccc4)nc(-c4ccc(C56CC7C[C@H](C5)C[C@@H](C7)C6)cc4)n3)cc2-c2ccc(C#N)cc21. The van der Waals surface area contributed by atoms with Crippen molar-refractivity contribution in [2.24, 2.45) is 17.8 Å². The van der Waals surface area contributed by atoms with E-state index in [2.05, 4.69) is 80.6 Å². The van der Waals surface area contributed by atoms with Gasteiger partial charge in [-0.25, -0.2) is 15.0 Å². The van der Waals surface area contributed by atoms with E-state index in [1.807, 2.05) is 30.3 Å². The fourth-order valence-electron chi connectivity index (χ4n) is 9.75. The van der Waals surface area contributed by atoms with Gasteiger partial charge in [-0.2, -0.15) is 5.26 Å². The molecule has 0 N–H and O–H groups in total. The number of hydrogen-bond donors (Lipinski definition) is 0. The number of aromatic nitrogens is 3. The molecule has 5 aliphatic carbocycles. The van der Waals surface area contributed by atoms with Gasteiger partial charge in [0.05, 0.1) is 11.6 Å². The molecule has 220 valence electrons. The summed E-state index contributed by atoms with van der Waals surface area (Å²) in [5, 5.41) is 9.55. The highest BCUT2D eigenvalue weighted by Crippen LogP contribution is 2.60. The van der Waals surface area contributed by atoms with Crippen LogP contribution in [-0.4, -0.2) is 15.0 Å². The molecule has 0 aliphatic heterocycles. The van der Waals surface area contributed by atoms with Gasteiger partial charge in [-0.3, -0.25) is 0 Å². The Balaban J connectivity index is 1.13. The molecule has 4 aromatic carbocycles. The van der Waals surface area contributed by atoms with E-state index in [-0.39, 0.29) is 5.41 Å². The molecule has 1 heterocycles. The Morgan fingerprint density at radius 1 is 0.600 bits per heavy atom. The highest BCUT2D eigenvalue weighted by atomic mass is 15.0. The molecule has 0 saturated heterocycles. The topological polar surface area (TPSA) is 62.5 Å². The Bertz CT molecular complexity index is 1980. The molecule has 10 rings (SSSR count). The highest BCUT2D eigenvalue weighted by molar-refractivity contribution is 5.84. The van der Waals surface area contributed by atoms with E-state index in [0.717, 1.165) is 34.4 Å². The Hall–Kier alpha value is -4.62. The summed E-state index contributed by atoms with van der Waals surface area (Å²) >= 11 is 0. The zero-order chi connectivity index (χ0) is 30.3. The molecule has 4 saturated carbocycles. The third-order valence-corrected chi connectivity index (χ3v) is 11.5. The predicted octanol–water partition coefficient (Wildman–Crippen LogP) is 9.52. The molecule has 4 bridgehead atoms. The van der Waals surface area contributed by atoms with E-state index < -0.39 is 0 Å². The largest absolute Gasteiger partial charge is 0.208 e. The van der Waals surface area contributed by atoms with Crippen molar-refractivity contribution in [3.05, 3.63) is 113 Å². The lowest BCUT2D eigenvalue weighted by Crippen LogP contribution is -2.48. The van der Waals surface area contributed by atoms with Crippen LogP contribution >= 0.6 is 0 Å². The molecule has 0 radical (unpaired) electrons. The second-order valence-electron chi connectivity index (χ2n) is 14.7. The van der Waals surface area contributed by atoms with Crippen LogP contribution in [0.15, 0.2) is 91.0 Å². The first-order chi connectivity index (χ1) is 21.9. The van der Waals surface area contributed by atoms with Crippen molar-refractivity contribution in [1.82, 2.24) is 15.0 Å². The first-order valence-electron chi connectivity index (χ1n) is 16.5. The molecule has 0 amide bonds. The van der Waals surface area contributed by atoms with Gasteiger partial charge in [0.15, 0.2) is 17.5 Å². The van der Waals surface area contributed by atoms with E-state index in [1.165, 1.54) is 66.3 Å². The average molecular weight is 585 g/mol. The smallest absolute Gasteiger partial charge is 0.164 e. The van der Waals surface area contributed by atoms with Gasteiger partial charge in [-0.1, -0.05) is 86.6 Å². The first-order valence-corrected chi connectivity index (χ1v) is 16.5. The van der Waals surface area contributed by atoms with Crippen LogP contribution in [0.3, 0.4) is 0 Å². The standard InChI is InChI=1S/C41H36N4/c1-40(2)35-15-11-31(20-34(35)33-14-8-25(24-42)19-36(33)40)39-44-37(29-6-4-3-5-7-29)43-38(45-39)30-9-12-32(13-10-30)41-21-26-16-27(22-41)18-28(17-26)23-41/h3-15,19-20,26-28H,16-18,21-23H2,1-2H3/t26-,27+,28?,41?. The predicted molar refractivity (Wildman–Crippen MR) is 178 cm³/mol. The number of hydrogen-bond acceptors (Lipinski definition) is 4. The molecular formula is C41H36N4. The molecule has 4 heteroatoms. The molecule has 5 aromatic rings. The molecule has 0 spiro atoms. The Morgan fingerprint density at radius 2 is 1.18 bits per heavy atom. The summed E-state index contributed by atoms with van der Waals surface area (Å²) in [4.78, 5) is 15.1. The van der Waals surface area contributed by atoms with Gasteiger partial charge in [0.2, 0.25) is 0 Å². The minimum Gasteiger partial charge on any atom is -0.208 e. The lowest BCUT2D eigenvalue weighted by molar-refractivity contribution is -0.00518. The number of nitriles is 1. The molecule has 5 aliphatic rings. The summed E-state index contributed by atoms with van der Waals surface area (Å²) in [6.45, 7) is 4.47. The molecule has 4 nitrogen and oxygen atoms in total. The van der Waals surface area contributed by atoms with Gasteiger partial charge in [0.25, 0.3) is 0 Å². The summed E-state index contributed by atoms with van der Waals surface area (Å²) in [6, 6.07) is 34.4. The molecule has 4 fully saturated rings. The van der Waals surface area contributed by atoms with Crippen LogP contribution in [0.5, 0.6) is 0 Å². The van der Waals surface area contributed by atoms with Crippen LogP contribution in [0.1, 0.15) is 74.6 Å². The van der Waals surface area contributed by atoms with Crippen LogP contribution < -0.4 is 0 Å². The number of fused-ring (bicyclic) bond motifs is 3. The Kier molecular flexibility index (Phi) is 5.76. The van der Waals surface area contributed by atoms with Crippen LogP contribution in [0.4, 0.5) is 0 Å². The summed E-state index contributed by atoms with van der Waals surface area (Å²) in [5.74, 6) is 4.83. The number of nitrogens with zero attached hydrogens (tertiary/aromatic N) is 4. The van der Waals surface area contributed by atoms with E-state index >= 15 is 0 Å². The Labute approximate surface area is 265 Å². The quantitative estimate of drug-likeness (QED) is 0.211. The summed E-state index contributed by atoms with van der Waals surface area (Å²) < 4.78 is 0. The normalized spacial score (nSPS) is 25.0. The van der Waals surface area contributed by atoms with E-state index in [0.29, 0.717) is 28.5 Å². The summed E-state index contributed by atoms with van der Waals surface area (Å²) in [7, 11) is 0. The van der Waals surface area contributed by atoms with Crippen molar-refractivity contribution < 1.29 is 0 Å². The first kappa shape index (κ1) is 26.8. The lowest BCUT2D eigenvalue weighted by atomic mass is 9.48.